The number of anilines is 1. The van der Waals surface area contributed by atoms with Crippen LogP contribution in [0.5, 0.6) is 0 Å². The highest BCUT2D eigenvalue weighted by Crippen LogP contribution is 2.24. The number of benzene rings is 2. The van der Waals surface area contributed by atoms with E-state index < -0.39 is 0 Å². The Hall–Kier alpha value is -1.84. The van der Waals surface area contributed by atoms with Crippen LogP contribution in [0.1, 0.15) is 29.5 Å². The zero-order valence-corrected chi connectivity index (χ0v) is 16.6. The fourth-order valence-corrected chi connectivity index (χ4v) is 3.71. The van der Waals surface area contributed by atoms with Crippen molar-refractivity contribution in [1.82, 2.24) is 4.90 Å². The molecule has 0 unspecified atom stereocenters. The predicted molar refractivity (Wildman–Crippen MR) is 109 cm³/mol. The smallest absolute Gasteiger partial charge is 0.231 e. The van der Waals surface area contributed by atoms with Crippen LogP contribution in [-0.2, 0) is 11.3 Å². The molecule has 0 spiro atoms. The highest BCUT2D eigenvalue weighted by molar-refractivity contribution is 6.30. The molecule has 1 aliphatic heterocycles. The molecule has 0 aliphatic carbocycles. The zero-order chi connectivity index (χ0) is 18.7. The molecule has 26 heavy (non-hydrogen) atoms. The summed E-state index contributed by atoms with van der Waals surface area (Å²) in [5, 5.41) is 0.760. The maximum Gasteiger partial charge on any atom is 0.231 e. The van der Waals surface area contributed by atoms with Gasteiger partial charge in [-0.25, -0.2) is 0 Å². The Kier molecular flexibility index (Phi) is 6.00. The number of amides is 1. The van der Waals surface area contributed by atoms with Gasteiger partial charge in [-0.2, -0.15) is 0 Å². The number of hydrogen-bond acceptors (Lipinski definition) is 2. The van der Waals surface area contributed by atoms with Gasteiger partial charge in [0, 0.05) is 30.8 Å². The van der Waals surface area contributed by atoms with Crippen molar-refractivity contribution in [3.05, 3.63) is 64.2 Å². The van der Waals surface area contributed by atoms with Crippen molar-refractivity contribution in [2.24, 2.45) is 5.92 Å². The fraction of sp³-hybridized carbons (Fsp3) is 0.409. The third kappa shape index (κ3) is 4.46. The fourth-order valence-electron chi connectivity index (χ4n) is 3.58. The minimum absolute atomic E-state index is 0.0580. The Balaban J connectivity index is 1.65. The largest absolute Gasteiger partial charge is 0.315 e. The first-order valence-electron chi connectivity index (χ1n) is 9.25. The van der Waals surface area contributed by atoms with Gasteiger partial charge in [0.25, 0.3) is 0 Å². The third-order valence-corrected chi connectivity index (χ3v) is 5.63. The molecule has 1 atom stereocenters. The molecule has 1 fully saturated rings. The molecule has 1 saturated heterocycles. The highest BCUT2D eigenvalue weighted by atomic mass is 35.5. The van der Waals surface area contributed by atoms with Crippen LogP contribution in [0.2, 0.25) is 5.02 Å². The van der Waals surface area contributed by atoms with Crippen LogP contribution in [0.15, 0.2) is 42.5 Å². The van der Waals surface area contributed by atoms with E-state index in [-0.39, 0.29) is 11.8 Å². The van der Waals surface area contributed by atoms with Crippen LogP contribution in [0.3, 0.4) is 0 Å². The Morgan fingerprint density at radius 1 is 1.15 bits per heavy atom. The summed E-state index contributed by atoms with van der Waals surface area (Å²) in [6.07, 6.45) is 2.02. The third-order valence-electron chi connectivity index (χ3n) is 5.38. The van der Waals surface area contributed by atoms with E-state index in [1.54, 1.807) is 0 Å². The lowest BCUT2D eigenvalue weighted by atomic mass is 9.95. The molecule has 4 heteroatoms. The molecule has 0 saturated carbocycles. The van der Waals surface area contributed by atoms with Gasteiger partial charge in [0.2, 0.25) is 5.91 Å². The molecule has 2 aromatic rings. The Morgan fingerprint density at radius 3 is 2.58 bits per heavy atom. The minimum atomic E-state index is 0.0580. The molecule has 0 aromatic heterocycles. The molecule has 0 radical (unpaired) electrons. The van der Waals surface area contributed by atoms with Crippen molar-refractivity contribution in [3.8, 4) is 0 Å². The van der Waals surface area contributed by atoms with E-state index in [2.05, 4.69) is 43.0 Å². The summed E-state index contributed by atoms with van der Waals surface area (Å²) in [5.74, 6) is 0.275. The summed E-state index contributed by atoms with van der Waals surface area (Å²) in [7, 11) is 1.89. The molecule has 1 heterocycles. The van der Waals surface area contributed by atoms with Crippen molar-refractivity contribution in [2.45, 2.75) is 33.2 Å². The van der Waals surface area contributed by atoms with E-state index in [9.17, 15) is 4.79 Å². The quantitative estimate of drug-likeness (QED) is 0.769. The molecule has 138 valence electrons. The second kappa shape index (κ2) is 8.24. The maximum atomic E-state index is 13.0. The number of halogens is 1. The van der Waals surface area contributed by atoms with E-state index in [1.807, 2.05) is 30.1 Å². The number of hydrogen-bond donors (Lipinski definition) is 0. The number of carbonyl (C=O) groups excluding carboxylic acids is 1. The van der Waals surface area contributed by atoms with E-state index in [1.165, 1.54) is 16.7 Å². The summed E-state index contributed by atoms with van der Waals surface area (Å²) in [5.41, 5.74) is 4.69. The average molecular weight is 371 g/mol. The number of likely N-dealkylation sites (tertiary alicyclic amines) is 1. The highest BCUT2D eigenvalue weighted by Gasteiger charge is 2.28. The van der Waals surface area contributed by atoms with E-state index in [0.717, 1.165) is 43.2 Å². The van der Waals surface area contributed by atoms with Gasteiger partial charge in [0.15, 0.2) is 0 Å². The molecule has 3 rings (SSSR count). The molecule has 0 N–H and O–H groups in total. The van der Waals surface area contributed by atoms with Crippen molar-refractivity contribution in [1.29, 1.82) is 0 Å². The number of aryl methyl sites for hydroxylation is 2. The van der Waals surface area contributed by atoms with Crippen LogP contribution in [0.25, 0.3) is 0 Å². The normalized spacial score (nSPS) is 17.9. The summed E-state index contributed by atoms with van der Waals surface area (Å²) in [6, 6.07) is 14.2. The summed E-state index contributed by atoms with van der Waals surface area (Å²) >= 11 is 5.97. The van der Waals surface area contributed by atoms with Gasteiger partial charge in [-0.05, 0) is 74.2 Å². The average Bonchev–Trinajstić information content (AvgIpc) is 2.65. The van der Waals surface area contributed by atoms with E-state index in [0.29, 0.717) is 0 Å². The van der Waals surface area contributed by atoms with Gasteiger partial charge in [-0.3, -0.25) is 9.69 Å². The summed E-state index contributed by atoms with van der Waals surface area (Å²) < 4.78 is 0. The molecular weight excluding hydrogens is 344 g/mol. The summed E-state index contributed by atoms with van der Waals surface area (Å²) in [6.45, 7) is 6.91. The lowest BCUT2D eigenvalue weighted by Gasteiger charge is -2.34. The first-order chi connectivity index (χ1) is 12.4. The molecule has 2 aromatic carbocycles. The second-order valence-corrected chi connectivity index (χ2v) is 7.80. The van der Waals surface area contributed by atoms with Crippen LogP contribution < -0.4 is 4.90 Å². The Labute approximate surface area is 161 Å². The number of nitrogens with zero attached hydrogens (tertiary/aromatic N) is 2. The lowest BCUT2D eigenvalue weighted by molar-refractivity contribution is -0.123. The van der Waals surface area contributed by atoms with Crippen molar-refractivity contribution in [2.75, 3.05) is 25.0 Å². The number of piperidine rings is 1. The second-order valence-electron chi connectivity index (χ2n) is 7.37. The number of carbonyl (C=O) groups is 1. The topological polar surface area (TPSA) is 23.6 Å². The van der Waals surface area contributed by atoms with E-state index in [4.69, 9.17) is 11.6 Å². The molecule has 3 nitrogen and oxygen atoms in total. The standard InChI is InChI=1S/C22H27ClN2O/c1-16-6-11-21(13-17(16)2)24(3)22(26)19-5-4-12-25(15-19)14-18-7-9-20(23)10-8-18/h6-11,13,19H,4-5,12,14-15H2,1-3H3/t19-/m1/s1. The van der Waals surface area contributed by atoms with Crippen LogP contribution in [-0.4, -0.2) is 30.9 Å². The lowest BCUT2D eigenvalue weighted by Crippen LogP contribution is -2.43. The first-order valence-corrected chi connectivity index (χ1v) is 9.63. The van der Waals surface area contributed by atoms with Crippen LogP contribution in [0, 0.1) is 19.8 Å². The Bertz CT molecular complexity index is 772. The predicted octanol–water partition coefficient (Wildman–Crippen LogP) is 4.83. The van der Waals surface area contributed by atoms with E-state index >= 15 is 0 Å². The maximum absolute atomic E-state index is 13.0. The SMILES string of the molecule is Cc1ccc(N(C)C(=O)[C@@H]2CCCN(Cc3ccc(Cl)cc3)C2)cc1C. The van der Waals surface area contributed by atoms with Crippen molar-refractivity contribution in [3.63, 3.8) is 0 Å². The zero-order valence-electron chi connectivity index (χ0n) is 15.8. The van der Waals surface area contributed by atoms with Gasteiger partial charge in [-0.1, -0.05) is 29.8 Å². The van der Waals surface area contributed by atoms with Gasteiger partial charge >= 0.3 is 0 Å². The van der Waals surface area contributed by atoms with Gasteiger partial charge < -0.3 is 4.90 Å². The molecule has 0 bridgehead atoms. The number of rotatable bonds is 4. The van der Waals surface area contributed by atoms with Gasteiger partial charge in [0.1, 0.15) is 0 Å². The van der Waals surface area contributed by atoms with Gasteiger partial charge in [-0.15, -0.1) is 0 Å². The first kappa shape index (κ1) is 18.9. The van der Waals surface area contributed by atoms with Crippen molar-refractivity contribution < 1.29 is 4.79 Å². The Morgan fingerprint density at radius 2 is 1.88 bits per heavy atom. The molecule has 1 amide bonds. The van der Waals surface area contributed by atoms with Gasteiger partial charge in [0.05, 0.1) is 5.92 Å². The molecule has 1 aliphatic rings. The minimum Gasteiger partial charge on any atom is -0.315 e. The molecular formula is C22H27ClN2O. The van der Waals surface area contributed by atoms with Crippen LogP contribution >= 0.6 is 11.6 Å². The summed E-state index contributed by atoms with van der Waals surface area (Å²) in [4.78, 5) is 17.2. The van der Waals surface area contributed by atoms with Crippen LogP contribution in [0.4, 0.5) is 5.69 Å². The monoisotopic (exact) mass is 370 g/mol. The van der Waals surface area contributed by atoms with Crippen molar-refractivity contribution >= 4 is 23.2 Å².